The summed E-state index contributed by atoms with van der Waals surface area (Å²) in [6, 6.07) is 0. The molecule has 1 fully saturated rings. The summed E-state index contributed by atoms with van der Waals surface area (Å²) in [6.07, 6.45) is 4.81. The number of nitrogens with zero attached hydrogens (tertiary/aromatic N) is 1. The minimum atomic E-state index is -3.77. The average molecular weight is 340 g/mol. The molecule has 82 valence electrons. The second-order valence-corrected chi connectivity index (χ2v) is 6.00. The standard InChI is InChI=1S/C8H9IN2O3S/c9-6-3-11-4-7(15(10,12)13)8(6)14-5-1-2-5/h3-5H,1-2H2,(H2,10,12,13). The second-order valence-electron chi connectivity index (χ2n) is 3.31. The Morgan fingerprint density at radius 2 is 2.13 bits per heavy atom. The molecule has 1 saturated carbocycles. The van der Waals surface area contributed by atoms with Gasteiger partial charge in [-0.2, -0.15) is 0 Å². The molecule has 0 aromatic carbocycles. The lowest BCUT2D eigenvalue weighted by Gasteiger charge is -2.10. The zero-order valence-electron chi connectivity index (χ0n) is 7.68. The summed E-state index contributed by atoms with van der Waals surface area (Å²) in [7, 11) is -3.77. The first kappa shape index (κ1) is 11.1. The monoisotopic (exact) mass is 340 g/mol. The smallest absolute Gasteiger partial charge is 0.243 e. The van der Waals surface area contributed by atoms with Crippen LogP contribution >= 0.6 is 22.6 Å². The van der Waals surface area contributed by atoms with Gasteiger partial charge in [0.25, 0.3) is 0 Å². The largest absolute Gasteiger partial charge is 0.488 e. The van der Waals surface area contributed by atoms with Crippen LogP contribution in [0.2, 0.25) is 0 Å². The van der Waals surface area contributed by atoms with Gasteiger partial charge >= 0.3 is 0 Å². The maximum atomic E-state index is 11.3. The Kier molecular flexibility index (Phi) is 2.86. The van der Waals surface area contributed by atoms with Crippen molar-refractivity contribution in [2.75, 3.05) is 0 Å². The summed E-state index contributed by atoms with van der Waals surface area (Å²) >= 11 is 1.98. The molecule has 0 radical (unpaired) electrons. The second kappa shape index (κ2) is 3.87. The normalized spacial score (nSPS) is 16.4. The number of hydrogen-bond donors (Lipinski definition) is 1. The van der Waals surface area contributed by atoms with Crippen LogP contribution in [0.4, 0.5) is 0 Å². The van der Waals surface area contributed by atoms with Crippen LogP contribution in [0, 0.1) is 3.57 Å². The van der Waals surface area contributed by atoms with E-state index < -0.39 is 10.0 Å². The molecule has 0 unspecified atom stereocenters. The lowest BCUT2D eigenvalue weighted by molar-refractivity contribution is 0.292. The van der Waals surface area contributed by atoms with E-state index in [-0.39, 0.29) is 11.0 Å². The number of ether oxygens (including phenoxy) is 1. The van der Waals surface area contributed by atoms with E-state index in [1.807, 2.05) is 22.6 Å². The van der Waals surface area contributed by atoms with E-state index in [1.165, 1.54) is 6.20 Å². The number of primary sulfonamides is 1. The molecule has 2 N–H and O–H groups in total. The van der Waals surface area contributed by atoms with Crippen LogP contribution in [0.3, 0.4) is 0 Å². The summed E-state index contributed by atoms with van der Waals surface area (Å²) in [5.74, 6) is 0.329. The Morgan fingerprint density at radius 3 is 2.67 bits per heavy atom. The van der Waals surface area contributed by atoms with Gasteiger partial charge in [0, 0.05) is 6.20 Å². The molecule has 0 saturated heterocycles. The van der Waals surface area contributed by atoms with Crippen LogP contribution in [-0.2, 0) is 10.0 Å². The first-order valence-electron chi connectivity index (χ1n) is 4.31. The number of sulfonamides is 1. The number of pyridine rings is 1. The third-order valence-corrected chi connectivity index (χ3v) is 3.61. The van der Waals surface area contributed by atoms with Crippen molar-refractivity contribution < 1.29 is 13.2 Å². The van der Waals surface area contributed by atoms with Gasteiger partial charge in [0.2, 0.25) is 10.0 Å². The number of nitrogens with two attached hydrogens (primary N) is 1. The van der Waals surface area contributed by atoms with Crippen LogP contribution in [0.1, 0.15) is 12.8 Å². The molecule has 0 spiro atoms. The highest BCUT2D eigenvalue weighted by molar-refractivity contribution is 14.1. The Labute approximate surface area is 101 Å². The molecule has 0 amide bonds. The number of halogens is 1. The van der Waals surface area contributed by atoms with Gasteiger partial charge in [-0.1, -0.05) is 0 Å². The third kappa shape index (κ3) is 2.58. The van der Waals surface area contributed by atoms with Gasteiger partial charge in [-0.3, -0.25) is 4.98 Å². The lowest BCUT2D eigenvalue weighted by atomic mass is 10.4. The zero-order chi connectivity index (χ0) is 11.1. The van der Waals surface area contributed by atoms with Crippen molar-refractivity contribution in [3.8, 4) is 5.75 Å². The Bertz CT molecular complexity index is 485. The summed E-state index contributed by atoms with van der Waals surface area (Å²) in [4.78, 5) is 3.75. The average Bonchev–Trinajstić information content (AvgIpc) is 2.90. The molecule has 2 rings (SSSR count). The summed E-state index contributed by atoms with van der Waals surface area (Å²) < 4.78 is 28.7. The summed E-state index contributed by atoms with van der Waals surface area (Å²) in [5.41, 5.74) is 0. The first-order valence-corrected chi connectivity index (χ1v) is 6.94. The molecular weight excluding hydrogens is 331 g/mol. The molecule has 1 aliphatic rings. The van der Waals surface area contributed by atoms with E-state index in [0.29, 0.717) is 9.32 Å². The van der Waals surface area contributed by atoms with E-state index in [4.69, 9.17) is 9.88 Å². The van der Waals surface area contributed by atoms with Gasteiger partial charge in [-0.25, -0.2) is 13.6 Å². The predicted octanol–water partition coefficient (Wildman–Crippen LogP) is 0.875. The van der Waals surface area contributed by atoms with E-state index in [0.717, 1.165) is 12.8 Å². The van der Waals surface area contributed by atoms with Gasteiger partial charge in [0.15, 0.2) is 5.75 Å². The predicted molar refractivity (Wildman–Crippen MR) is 62.0 cm³/mol. The Morgan fingerprint density at radius 1 is 1.47 bits per heavy atom. The molecule has 0 bridgehead atoms. The maximum absolute atomic E-state index is 11.3. The van der Waals surface area contributed by atoms with Crippen molar-refractivity contribution in [1.29, 1.82) is 0 Å². The highest BCUT2D eigenvalue weighted by Crippen LogP contribution is 2.33. The van der Waals surface area contributed by atoms with Gasteiger partial charge in [-0.15, -0.1) is 0 Å². The SMILES string of the molecule is NS(=O)(=O)c1cncc(I)c1OC1CC1. The quantitative estimate of drug-likeness (QED) is 0.828. The molecule has 7 heteroatoms. The van der Waals surface area contributed by atoms with Gasteiger partial charge < -0.3 is 4.74 Å². The molecule has 1 heterocycles. The number of rotatable bonds is 3. The lowest BCUT2D eigenvalue weighted by Crippen LogP contribution is -2.15. The molecule has 0 aliphatic heterocycles. The fraction of sp³-hybridized carbons (Fsp3) is 0.375. The minimum Gasteiger partial charge on any atom is -0.488 e. The Hall–Kier alpha value is -0.410. The van der Waals surface area contributed by atoms with E-state index in [1.54, 1.807) is 6.20 Å². The summed E-state index contributed by atoms with van der Waals surface area (Å²) in [6.45, 7) is 0. The van der Waals surface area contributed by atoms with E-state index in [2.05, 4.69) is 4.98 Å². The van der Waals surface area contributed by atoms with Crippen LogP contribution in [0.15, 0.2) is 17.3 Å². The van der Waals surface area contributed by atoms with Crippen molar-refractivity contribution in [3.05, 3.63) is 16.0 Å². The van der Waals surface area contributed by atoms with Gasteiger partial charge in [0.05, 0.1) is 15.9 Å². The van der Waals surface area contributed by atoms with Crippen molar-refractivity contribution in [2.45, 2.75) is 23.8 Å². The third-order valence-electron chi connectivity index (χ3n) is 1.94. The molecule has 1 aromatic rings. The fourth-order valence-electron chi connectivity index (χ4n) is 1.07. The molecule has 0 atom stereocenters. The van der Waals surface area contributed by atoms with Crippen LogP contribution in [0.25, 0.3) is 0 Å². The highest BCUT2D eigenvalue weighted by Gasteiger charge is 2.28. The van der Waals surface area contributed by atoms with Crippen LogP contribution in [0.5, 0.6) is 5.75 Å². The molecular formula is C8H9IN2O3S. The fourth-order valence-corrected chi connectivity index (χ4v) is 2.46. The maximum Gasteiger partial charge on any atom is 0.243 e. The topological polar surface area (TPSA) is 82.3 Å². The van der Waals surface area contributed by atoms with E-state index in [9.17, 15) is 8.42 Å². The number of aromatic nitrogens is 1. The molecule has 1 aliphatic carbocycles. The number of hydrogen-bond acceptors (Lipinski definition) is 4. The highest BCUT2D eigenvalue weighted by atomic mass is 127. The first-order chi connectivity index (χ1) is 6.98. The zero-order valence-corrected chi connectivity index (χ0v) is 10.7. The van der Waals surface area contributed by atoms with Crippen LogP contribution < -0.4 is 9.88 Å². The van der Waals surface area contributed by atoms with Crippen molar-refractivity contribution in [3.63, 3.8) is 0 Å². The van der Waals surface area contributed by atoms with Crippen molar-refractivity contribution >= 4 is 32.6 Å². The minimum absolute atomic E-state index is 0.0405. The van der Waals surface area contributed by atoms with Gasteiger partial charge in [0.1, 0.15) is 4.90 Å². The summed E-state index contributed by atoms with van der Waals surface area (Å²) in [5, 5.41) is 5.07. The van der Waals surface area contributed by atoms with Gasteiger partial charge in [-0.05, 0) is 35.4 Å². The molecule has 15 heavy (non-hydrogen) atoms. The molecule has 5 nitrogen and oxygen atoms in total. The molecule has 1 aromatic heterocycles. The van der Waals surface area contributed by atoms with E-state index >= 15 is 0 Å². The van der Waals surface area contributed by atoms with Crippen molar-refractivity contribution in [2.24, 2.45) is 5.14 Å². The van der Waals surface area contributed by atoms with Crippen molar-refractivity contribution in [1.82, 2.24) is 4.98 Å². The van der Waals surface area contributed by atoms with Crippen LogP contribution in [-0.4, -0.2) is 19.5 Å². The Balaban J connectivity index is 2.47.